The van der Waals surface area contributed by atoms with Gasteiger partial charge in [-0.25, -0.2) is 4.98 Å². The third-order valence-electron chi connectivity index (χ3n) is 3.89. The summed E-state index contributed by atoms with van der Waals surface area (Å²) in [7, 11) is 0. The quantitative estimate of drug-likeness (QED) is 0.877. The van der Waals surface area contributed by atoms with Gasteiger partial charge in [0.2, 0.25) is 0 Å². The highest BCUT2D eigenvalue weighted by Crippen LogP contribution is 2.26. The molecule has 1 heterocycles. The van der Waals surface area contributed by atoms with Crippen LogP contribution < -0.4 is 11.1 Å². The maximum absolute atomic E-state index is 12.5. The predicted molar refractivity (Wildman–Crippen MR) is 83.0 cm³/mol. The van der Waals surface area contributed by atoms with Crippen LogP contribution in [0, 0.1) is 18.8 Å². The predicted octanol–water partition coefficient (Wildman–Crippen LogP) is 2.51. The van der Waals surface area contributed by atoms with Gasteiger partial charge in [-0.3, -0.25) is 4.79 Å². The van der Waals surface area contributed by atoms with E-state index in [4.69, 9.17) is 5.73 Å². The van der Waals surface area contributed by atoms with Gasteiger partial charge in [-0.1, -0.05) is 20.3 Å². The number of nitrogens with one attached hydrogen (secondary N) is 1. The first-order valence-electron chi connectivity index (χ1n) is 7.48. The van der Waals surface area contributed by atoms with Crippen LogP contribution in [-0.4, -0.2) is 23.5 Å². The second-order valence-electron chi connectivity index (χ2n) is 6.11. The van der Waals surface area contributed by atoms with Crippen molar-refractivity contribution in [3.05, 3.63) is 15.6 Å². The number of nitrogens with two attached hydrogens (primary N) is 1. The summed E-state index contributed by atoms with van der Waals surface area (Å²) in [4.78, 5) is 17.8. The van der Waals surface area contributed by atoms with Gasteiger partial charge in [-0.15, -0.1) is 11.3 Å². The van der Waals surface area contributed by atoms with Gasteiger partial charge in [0, 0.05) is 6.04 Å². The molecule has 2 atom stereocenters. The summed E-state index contributed by atoms with van der Waals surface area (Å²) in [5.41, 5.74) is 6.72. The van der Waals surface area contributed by atoms with Gasteiger partial charge in [-0.05, 0) is 44.6 Å². The van der Waals surface area contributed by atoms with Gasteiger partial charge >= 0.3 is 0 Å². The summed E-state index contributed by atoms with van der Waals surface area (Å²) in [5.74, 6) is 0.976. The topological polar surface area (TPSA) is 68.0 Å². The zero-order chi connectivity index (χ0) is 14.7. The van der Waals surface area contributed by atoms with Crippen molar-refractivity contribution in [3.8, 4) is 0 Å². The Morgan fingerprint density at radius 2 is 2.25 bits per heavy atom. The van der Waals surface area contributed by atoms with Crippen molar-refractivity contribution in [2.45, 2.75) is 52.5 Å². The van der Waals surface area contributed by atoms with Crippen LogP contribution in [0.5, 0.6) is 0 Å². The monoisotopic (exact) mass is 295 g/mol. The van der Waals surface area contributed by atoms with Crippen molar-refractivity contribution in [2.24, 2.45) is 17.6 Å². The molecule has 20 heavy (non-hydrogen) atoms. The normalized spacial score (nSPS) is 22.4. The molecule has 1 aromatic rings. The SMILES string of the molecule is Cc1nc(CC(C)C)c(C(=O)NC2CCCC2CN)s1. The maximum atomic E-state index is 12.5. The number of carbonyl (C=O) groups excluding carboxylic acids is 1. The lowest BCUT2D eigenvalue weighted by Gasteiger charge is -2.19. The standard InChI is InChI=1S/C15H25N3OS/c1-9(2)7-13-14(20-10(3)17-13)15(19)18-12-6-4-5-11(12)8-16/h9,11-12H,4-8,16H2,1-3H3,(H,18,19). The highest BCUT2D eigenvalue weighted by molar-refractivity contribution is 7.13. The number of hydrogen-bond donors (Lipinski definition) is 2. The molecule has 0 spiro atoms. The molecule has 0 aromatic carbocycles. The number of aromatic nitrogens is 1. The molecule has 1 fully saturated rings. The summed E-state index contributed by atoms with van der Waals surface area (Å²) < 4.78 is 0. The lowest BCUT2D eigenvalue weighted by Crippen LogP contribution is -2.39. The van der Waals surface area contributed by atoms with Crippen LogP contribution in [0.3, 0.4) is 0 Å². The molecule has 1 saturated carbocycles. The molecule has 1 aliphatic rings. The van der Waals surface area contributed by atoms with E-state index in [1.165, 1.54) is 11.3 Å². The summed E-state index contributed by atoms with van der Waals surface area (Å²) >= 11 is 1.50. The molecule has 0 radical (unpaired) electrons. The van der Waals surface area contributed by atoms with E-state index in [0.29, 0.717) is 18.4 Å². The van der Waals surface area contributed by atoms with E-state index in [9.17, 15) is 4.79 Å². The molecule has 4 nitrogen and oxygen atoms in total. The minimum atomic E-state index is 0.0385. The molecule has 1 aromatic heterocycles. The van der Waals surface area contributed by atoms with Crippen molar-refractivity contribution in [2.75, 3.05) is 6.54 Å². The third kappa shape index (κ3) is 3.58. The first kappa shape index (κ1) is 15.4. The van der Waals surface area contributed by atoms with Gasteiger partial charge in [0.15, 0.2) is 0 Å². The largest absolute Gasteiger partial charge is 0.348 e. The molecule has 2 unspecified atom stereocenters. The van der Waals surface area contributed by atoms with Crippen molar-refractivity contribution in [1.82, 2.24) is 10.3 Å². The van der Waals surface area contributed by atoms with Gasteiger partial charge < -0.3 is 11.1 Å². The zero-order valence-electron chi connectivity index (χ0n) is 12.6. The Morgan fingerprint density at radius 1 is 1.50 bits per heavy atom. The Morgan fingerprint density at radius 3 is 2.90 bits per heavy atom. The van der Waals surface area contributed by atoms with E-state index >= 15 is 0 Å². The van der Waals surface area contributed by atoms with Crippen LogP contribution in [0.4, 0.5) is 0 Å². The van der Waals surface area contributed by atoms with Crippen molar-refractivity contribution < 1.29 is 4.79 Å². The highest BCUT2D eigenvalue weighted by atomic mass is 32.1. The van der Waals surface area contributed by atoms with Crippen molar-refractivity contribution in [1.29, 1.82) is 0 Å². The first-order chi connectivity index (χ1) is 9.51. The third-order valence-corrected chi connectivity index (χ3v) is 4.90. The number of amides is 1. The van der Waals surface area contributed by atoms with Crippen molar-refractivity contribution in [3.63, 3.8) is 0 Å². The minimum absolute atomic E-state index is 0.0385. The molecular weight excluding hydrogens is 270 g/mol. The molecular formula is C15H25N3OS. The van der Waals surface area contributed by atoms with E-state index in [1.807, 2.05) is 6.92 Å². The molecule has 112 valence electrons. The van der Waals surface area contributed by atoms with Gasteiger partial charge in [-0.2, -0.15) is 0 Å². The molecule has 5 heteroatoms. The Labute approximate surface area is 125 Å². The first-order valence-corrected chi connectivity index (χ1v) is 8.30. The number of hydrogen-bond acceptors (Lipinski definition) is 4. The number of aryl methyl sites for hydroxylation is 1. The van der Waals surface area contributed by atoms with Gasteiger partial charge in [0.25, 0.3) is 5.91 Å². The molecule has 1 aliphatic carbocycles. The second-order valence-corrected chi connectivity index (χ2v) is 7.32. The average molecular weight is 295 g/mol. The summed E-state index contributed by atoms with van der Waals surface area (Å²) in [6, 6.07) is 0.238. The van der Waals surface area contributed by atoms with E-state index in [2.05, 4.69) is 24.1 Å². The molecule has 1 amide bonds. The van der Waals surface area contributed by atoms with E-state index in [1.54, 1.807) is 0 Å². The fourth-order valence-corrected chi connectivity index (χ4v) is 3.77. The van der Waals surface area contributed by atoms with E-state index < -0.39 is 0 Å². The number of rotatable bonds is 5. The second kappa shape index (κ2) is 6.68. The zero-order valence-corrected chi connectivity index (χ0v) is 13.4. The number of nitrogens with zero attached hydrogens (tertiary/aromatic N) is 1. The van der Waals surface area contributed by atoms with Crippen LogP contribution in [0.15, 0.2) is 0 Å². The Kier molecular flexibility index (Phi) is 5.16. The van der Waals surface area contributed by atoms with Crippen molar-refractivity contribution >= 4 is 17.2 Å². The van der Waals surface area contributed by atoms with Crippen LogP contribution in [0.2, 0.25) is 0 Å². The lowest BCUT2D eigenvalue weighted by atomic mass is 10.0. The molecule has 0 bridgehead atoms. The van der Waals surface area contributed by atoms with Crippen LogP contribution >= 0.6 is 11.3 Å². The molecule has 2 rings (SSSR count). The summed E-state index contributed by atoms with van der Waals surface area (Å²) in [6.45, 7) is 6.92. The lowest BCUT2D eigenvalue weighted by molar-refractivity contribution is 0.0931. The molecule has 3 N–H and O–H groups in total. The Bertz CT molecular complexity index is 470. The Hall–Kier alpha value is -0.940. The van der Waals surface area contributed by atoms with Crippen LogP contribution in [0.25, 0.3) is 0 Å². The maximum Gasteiger partial charge on any atom is 0.263 e. The average Bonchev–Trinajstić information content (AvgIpc) is 2.95. The molecule has 0 aliphatic heterocycles. The minimum Gasteiger partial charge on any atom is -0.348 e. The number of carbonyl (C=O) groups is 1. The summed E-state index contributed by atoms with van der Waals surface area (Å²) in [6.07, 6.45) is 4.19. The van der Waals surface area contributed by atoms with Gasteiger partial charge in [0.05, 0.1) is 10.7 Å². The Balaban J connectivity index is 2.08. The fraction of sp³-hybridized carbons (Fsp3) is 0.733. The van der Waals surface area contributed by atoms with Crippen LogP contribution in [-0.2, 0) is 6.42 Å². The molecule has 0 saturated heterocycles. The van der Waals surface area contributed by atoms with Gasteiger partial charge in [0.1, 0.15) is 4.88 Å². The highest BCUT2D eigenvalue weighted by Gasteiger charge is 2.29. The number of thiazole rings is 1. The van der Waals surface area contributed by atoms with E-state index in [-0.39, 0.29) is 11.9 Å². The van der Waals surface area contributed by atoms with E-state index in [0.717, 1.165) is 41.3 Å². The summed E-state index contributed by atoms with van der Waals surface area (Å²) in [5, 5.41) is 4.14. The van der Waals surface area contributed by atoms with Crippen LogP contribution in [0.1, 0.15) is 53.5 Å². The fourth-order valence-electron chi connectivity index (χ4n) is 2.92. The smallest absolute Gasteiger partial charge is 0.263 e.